The van der Waals surface area contributed by atoms with E-state index in [2.05, 4.69) is 27.9 Å². The van der Waals surface area contributed by atoms with Gasteiger partial charge in [-0.2, -0.15) is 0 Å². The summed E-state index contributed by atoms with van der Waals surface area (Å²) in [5, 5.41) is 10.3. The SMILES string of the molecule is C1=NCCN1.CC(=O)O.Sc1nc2ccccc2s1. The lowest BCUT2D eigenvalue weighted by Crippen LogP contribution is -2.04. The van der Waals surface area contributed by atoms with Gasteiger partial charge in [0, 0.05) is 13.5 Å². The first-order chi connectivity index (χ1) is 9.09. The predicted molar refractivity (Wildman–Crippen MR) is 81.5 cm³/mol. The number of thiazole rings is 1. The molecule has 1 aromatic heterocycles. The molecular weight excluding hydrogens is 282 g/mol. The lowest BCUT2D eigenvalue weighted by Gasteiger charge is -1.80. The van der Waals surface area contributed by atoms with Gasteiger partial charge < -0.3 is 10.4 Å². The summed E-state index contributed by atoms with van der Waals surface area (Å²) in [6, 6.07) is 8.03. The molecule has 7 heteroatoms. The van der Waals surface area contributed by atoms with Gasteiger partial charge in [0.05, 0.1) is 23.1 Å². The van der Waals surface area contributed by atoms with E-state index in [-0.39, 0.29) is 0 Å². The Morgan fingerprint density at radius 3 is 2.63 bits per heavy atom. The van der Waals surface area contributed by atoms with Gasteiger partial charge in [0.2, 0.25) is 0 Å². The fraction of sp³-hybridized carbons (Fsp3) is 0.250. The number of hydrogen-bond donors (Lipinski definition) is 3. The Labute approximate surface area is 120 Å². The second-order valence-corrected chi connectivity index (χ2v) is 5.23. The van der Waals surface area contributed by atoms with Gasteiger partial charge in [0.1, 0.15) is 4.34 Å². The van der Waals surface area contributed by atoms with E-state index < -0.39 is 5.97 Å². The molecule has 1 aliphatic rings. The number of aromatic nitrogens is 1. The third-order valence-corrected chi connectivity index (χ3v) is 3.06. The number of aliphatic carboxylic acids is 1. The molecule has 0 saturated carbocycles. The fourth-order valence-corrected chi connectivity index (χ4v) is 2.29. The molecule has 5 nitrogen and oxygen atoms in total. The maximum atomic E-state index is 9.00. The highest BCUT2D eigenvalue weighted by Crippen LogP contribution is 2.23. The standard InChI is InChI=1S/C7H5NS2.C3H6N2.C2H4O2/c9-7-8-5-3-1-2-4-6(5)10-7;1-2-5-3-4-1;1-2(3)4/h1-4H,(H,8,9);3H,1-2H2,(H,4,5);1H3,(H,3,4). The fourth-order valence-electron chi connectivity index (χ4n) is 1.18. The zero-order chi connectivity index (χ0) is 14.1. The summed E-state index contributed by atoms with van der Waals surface area (Å²) in [4.78, 5) is 17.0. The lowest BCUT2D eigenvalue weighted by atomic mass is 10.3. The summed E-state index contributed by atoms with van der Waals surface area (Å²) in [6.45, 7) is 3.07. The van der Waals surface area contributed by atoms with Crippen molar-refractivity contribution < 1.29 is 9.90 Å². The van der Waals surface area contributed by atoms with Crippen molar-refractivity contribution in [1.29, 1.82) is 0 Å². The Hall–Kier alpha value is -1.60. The molecule has 0 aliphatic carbocycles. The van der Waals surface area contributed by atoms with Crippen LogP contribution in [0, 0.1) is 0 Å². The number of nitrogens with one attached hydrogen (secondary N) is 1. The first-order valence-electron chi connectivity index (χ1n) is 5.55. The quantitative estimate of drug-likeness (QED) is 0.652. The normalized spacial score (nSPS) is 11.9. The minimum absolute atomic E-state index is 0.833. The maximum absolute atomic E-state index is 9.00. The number of hydrogen-bond acceptors (Lipinski definition) is 6. The zero-order valence-electron chi connectivity index (χ0n) is 10.4. The number of aliphatic imine (C=N–C) groups is 1. The van der Waals surface area contributed by atoms with E-state index >= 15 is 0 Å². The van der Waals surface area contributed by atoms with Crippen molar-refractivity contribution in [2.45, 2.75) is 11.3 Å². The van der Waals surface area contributed by atoms with Crippen molar-refractivity contribution in [2.75, 3.05) is 13.1 Å². The van der Waals surface area contributed by atoms with Crippen LogP contribution in [0.15, 0.2) is 33.6 Å². The number of carbonyl (C=O) groups is 1. The molecule has 1 aromatic carbocycles. The average Bonchev–Trinajstić information content (AvgIpc) is 2.98. The summed E-state index contributed by atoms with van der Waals surface area (Å²) in [5.74, 6) is -0.833. The van der Waals surface area contributed by atoms with Crippen LogP contribution in [-0.4, -0.2) is 35.5 Å². The monoisotopic (exact) mass is 297 g/mol. The Morgan fingerprint density at radius 2 is 2.16 bits per heavy atom. The molecule has 0 spiro atoms. The predicted octanol–water partition coefficient (Wildman–Crippen LogP) is 2.29. The van der Waals surface area contributed by atoms with Crippen LogP contribution < -0.4 is 5.32 Å². The van der Waals surface area contributed by atoms with Gasteiger partial charge in [-0.1, -0.05) is 12.1 Å². The summed E-state index contributed by atoms with van der Waals surface area (Å²) in [7, 11) is 0. The number of benzene rings is 1. The maximum Gasteiger partial charge on any atom is 0.300 e. The molecule has 1 aliphatic heterocycles. The second-order valence-electron chi connectivity index (χ2n) is 3.47. The van der Waals surface area contributed by atoms with Crippen LogP contribution in [0.3, 0.4) is 0 Å². The number of thiol groups is 1. The van der Waals surface area contributed by atoms with Crippen molar-refractivity contribution in [3.05, 3.63) is 24.3 Å². The third-order valence-electron chi connectivity index (χ3n) is 1.85. The first-order valence-corrected chi connectivity index (χ1v) is 6.81. The Kier molecular flexibility index (Phi) is 6.91. The van der Waals surface area contributed by atoms with Gasteiger partial charge in [0.25, 0.3) is 5.97 Å². The minimum atomic E-state index is -0.833. The van der Waals surface area contributed by atoms with E-state index in [1.54, 1.807) is 17.7 Å². The van der Waals surface area contributed by atoms with Crippen molar-refractivity contribution >= 4 is 46.5 Å². The van der Waals surface area contributed by atoms with Gasteiger partial charge in [-0.3, -0.25) is 9.79 Å². The molecule has 102 valence electrons. The van der Waals surface area contributed by atoms with Crippen LogP contribution in [-0.2, 0) is 4.79 Å². The van der Waals surface area contributed by atoms with E-state index in [9.17, 15) is 0 Å². The van der Waals surface area contributed by atoms with Crippen molar-refractivity contribution in [3.63, 3.8) is 0 Å². The highest BCUT2D eigenvalue weighted by atomic mass is 32.2. The van der Waals surface area contributed by atoms with Crippen molar-refractivity contribution in [1.82, 2.24) is 10.3 Å². The molecule has 0 radical (unpaired) electrons. The molecule has 19 heavy (non-hydrogen) atoms. The van der Waals surface area contributed by atoms with Crippen molar-refractivity contribution in [3.8, 4) is 0 Å². The van der Waals surface area contributed by atoms with E-state index in [0.29, 0.717) is 0 Å². The van der Waals surface area contributed by atoms with Gasteiger partial charge in [-0.15, -0.1) is 24.0 Å². The van der Waals surface area contributed by atoms with Crippen LogP contribution in [0.1, 0.15) is 6.92 Å². The molecule has 2 N–H and O–H groups in total. The molecular formula is C12H15N3O2S2. The Balaban J connectivity index is 0.000000169. The van der Waals surface area contributed by atoms with E-state index in [1.165, 1.54) is 4.70 Å². The number of nitrogens with zero attached hydrogens (tertiary/aromatic N) is 2. The number of rotatable bonds is 0. The molecule has 0 bridgehead atoms. The molecule has 0 atom stereocenters. The van der Waals surface area contributed by atoms with E-state index in [0.717, 1.165) is 29.9 Å². The van der Waals surface area contributed by atoms with E-state index in [4.69, 9.17) is 9.90 Å². The third kappa shape index (κ3) is 6.78. The molecule has 0 amide bonds. The topological polar surface area (TPSA) is 74.6 Å². The van der Waals surface area contributed by atoms with E-state index in [1.807, 2.05) is 24.3 Å². The number of fused-ring (bicyclic) bond motifs is 1. The zero-order valence-corrected chi connectivity index (χ0v) is 12.1. The number of para-hydroxylation sites is 1. The molecule has 2 aromatic rings. The highest BCUT2D eigenvalue weighted by Gasteiger charge is 1.96. The van der Waals surface area contributed by atoms with Gasteiger partial charge in [-0.05, 0) is 12.1 Å². The summed E-state index contributed by atoms with van der Waals surface area (Å²) >= 11 is 5.76. The highest BCUT2D eigenvalue weighted by molar-refractivity contribution is 7.82. The number of carboxylic acids is 1. The Morgan fingerprint density at radius 1 is 1.47 bits per heavy atom. The molecule has 3 rings (SSSR count). The second kappa shape index (κ2) is 8.49. The van der Waals surface area contributed by atoms with Gasteiger partial charge in [-0.25, -0.2) is 4.98 Å². The van der Waals surface area contributed by atoms with Gasteiger partial charge in [0.15, 0.2) is 0 Å². The smallest absolute Gasteiger partial charge is 0.300 e. The van der Waals surface area contributed by atoms with Crippen LogP contribution in [0.25, 0.3) is 10.2 Å². The summed E-state index contributed by atoms with van der Waals surface area (Å²) in [6.07, 6.45) is 1.74. The largest absolute Gasteiger partial charge is 0.481 e. The molecule has 0 fully saturated rings. The molecule has 0 unspecified atom stereocenters. The minimum Gasteiger partial charge on any atom is -0.481 e. The van der Waals surface area contributed by atoms with Crippen LogP contribution in [0.2, 0.25) is 0 Å². The van der Waals surface area contributed by atoms with Crippen LogP contribution in [0.4, 0.5) is 0 Å². The van der Waals surface area contributed by atoms with Crippen LogP contribution in [0.5, 0.6) is 0 Å². The first kappa shape index (κ1) is 15.5. The summed E-state index contributed by atoms with van der Waals surface area (Å²) < 4.78 is 2.04. The molecule has 2 heterocycles. The van der Waals surface area contributed by atoms with Crippen LogP contribution >= 0.6 is 24.0 Å². The lowest BCUT2D eigenvalue weighted by molar-refractivity contribution is -0.134. The average molecular weight is 297 g/mol. The van der Waals surface area contributed by atoms with Gasteiger partial charge >= 0.3 is 0 Å². The number of carboxylic acid groups (broad SMARTS) is 1. The molecule has 0 saturated heterocycles. The van der Waals surface area contributed by atoms with Crippen molar-refractivity contribution in [2.24, 2.45) is 4.99 Å². The summed E-state index contributed by atoms with van der Waals surface area (Å²) in [5.41, 5.74) is 1.04. The Bertz CT molecular complexity index is 512.